The Bertz CT molecular complexity index is 372. The van der Waals surface area contributed by atoms with Crippen molar-refractivity contribution in [2.45, 2.75) is 13.3 Å². The van der Waals surface area contributed by atoms with Crippen molar-refractivity contribution in [1.29, 1.82) is 0 Å². The van der Waals surface area contributed by atoms with Crippen molar-refractivity contribution < 1.29 is 9.53 Å². The number of aldehydes is 1. The molecule has 1 aromatic rings. The Balaban J connectivity index is 2.69. The van der Waals surface area contributed by atoms with E-state index in [-0.39, 0.29) is 0 Å². The van der Waals surface area contributed by atoms with Crippen LogP contribution < -0.4 is 4.74 Å². The third kappa shape index (κ3) is 3.88. The number of benzene rings is 1. The zero-order chi connectivity index (χ0) is 11.3. The standard InChI is InChI=1S/C12H13BrO2/c1-9(2)5-6-15-12-7-11(13)4-3-10(12)8-14/h3-4,7-8H,1,5-6H2,2H3. The molecule has 80 valence electrons. The molecule has 2 nitrogen and oxygen atoms in total. The van der Waals surface area contributed by atoms with Crippen LogP contribution in [0, 0.1) is 0 Å². The highest BCUT2D eigenvalue weighted by molar-refractivity contribution is 9.10. The van der Waals surface area contributed by atoms with Gasteiger partial charge in [-0.1, -0.05) is 21.5 Å². The van der Waals surface area contributed by atoms with Gasteiger partial charge < -0.3 is 4.74 Å². The predicted molar refractivity (Wildman–Crippen MR) is 64.5 cm³/mol. The third-order valence-corrected chi connectivity index (χ3v) is 2.38. The average molecular weight is 269 g/mol. The van der Waals surface area contributed by atoms with Gasteiger partial charge in [-0.05, 0) is 25.1 Å². The first-order valence-corrected chi connectivity index (χ1v) is 5.44. The van der Waals surface area contributed by atoms with Gasteiger partial charge in [0.25, 0.3) is 0 Å². The van der Waals surface area contributed by atoms with Gasteiger partial charge in [-0.3, -0.25) is 4.79 Å². The third-order valence-electron chi connectivity index (χ3n) is 1.89. The van der Waals surface area contributed by atoms with Gasteiger partial charge >= 0.3 is 0 Å². The molecule has 0 spiro atoms. The molecule has 0 aliphatic heterocycles. The predicted octanol–water partition coefficient (Wildman–Crippen LogP) is 3.61. The zero-order valence-corrected chi connectivity index (χ0v) is 10.2. The Morgan fingerprint density at radius 1 is 1.60 bits per heavy atom. The second-order valence-electron chi connectivity index (χ2n) is 3.36. The molecule has 0 saturated carbocycles. The molecule has 0 atom stereocenters. The first-order chi connectivity index (χ1) is 7.13. The highest BCUT2D eigenvalue weighted by Crippen LogP contribution is 2.22. The molecule has 0 radical (unpaired) electrons. The summed E-state index contributed by atoms with van der Waals surface area (Å²) in [5, 5.41) is 0. The molecule has 1 aromatic carbocycles. The van der Waals surface area contributed by atoms with Gasteiger partial charge in [0, 0.05) is 10.9 Å². The normalized spacial score (nSPS) is 9.73. The Morgan fingerprint density at radius 2 is 2.33 bits per heavy atom. The molecular weight excluding hydrogens is 256 g/mol. The largest absolute Gasteiger partial charge is 0.492 e. The number of ether oxygens (including phenoxy) is 1. The highest BCUT2D eigenvalue weighted by atomic mass is 79.9. The minimum Gasteiger partial charge on any atom is -0.492 e. The number of hydrogen-bond acceptors (Lipinski definition) is 2. The van der Waals surface area contributed by atoms with Crippen LogP contribution in [0.3, 0.4) is 0 Å². The lowest BCUT2D eigenvalue weighted by molar-refractivity contribution is 0.111. The van der Waals surface area contributed by atoms with Crippen molar-refractivity contribution in [3.63, 3.8) is 0 Å². The molecule has 0 aliphatic rings. The summed E-state index contributed by atoms with van der Waals surface area (Å²) in [5.74, 6) is 0.612. The fourth-order valence-corrected chi connectivity index (χ4v) is 1.41. The summed E-state index contributed by atoms with van der Waals surface area (Å²) in [6.07, 6.45) is 1.59. The number of carbonyl (C=O) groups excluding carboxylic acids is 1. The maximum absolute atomic E-state index is 10.7. The van der Waals surface area contributed by atoms with E-state index in [1.165, 1.54) is 0 Å². The minimum absolute atomic E-state index is 0.548. The number of carbonyl (C=O) groups is 1. The lowest BCUT2D eigenvalue weighted by atomic mass is 10.2. The summed E-state index contributed by atoms with van der Waals surface area (Å²) < 4.78 is 6.40. The molecule has 0 aromatic heterocycles. The number of hydrogen-bond donors (Lipinski definition) is 0. The Labute approximate surface area is 98.1 Å². The Morgan fingerprint density at radius 3 is 2.93 bits per heavy atom. The van der Waals surface area contributed by atoms with Gasteiger partial charge in [-0.25, -0.2) is 0 Å². The van der Waals surface area contributed by atoms with Gasteiger partial charge in [-0.2, -0.15) is 0 Å². The van der Waals surface area contributed by atoms with Crippen molar-refractivity contribution in [2.75, 3.05) is 6.61 Å². The molecule has 0 heterocycles. The van der Waals surface area contributed by atoms with Crippen molar-refractivity contribution in [2.24, 2.45) is 0 Å². The molecule has 0 aliphatic carbocycles. The van der Waals surface area contributed by atoms with E-state index in [0.29, 0.717) is 17.9 Å². The van der Waals surface area contributed by atoms with Gasteiger partial charge in [0.1, 0.15) is 5.75 Å². The molecule has 0 saturated heterocycles. The number of rotatable bonds is 5. The van der Waals surface area contributed by atoms with Gasteiger partial charge in [0.2, 0.25) is 0 Å². The Kier molecular flexibility index (Phi) is 4.56. The van der Waals surface area contributed by atoms with Crippen LogP contribution in [0.15, 0.2) is 34.8 Å². The smallest absolute Gasteiger partial charge is 0.153 e. The van der Waals surface area contributed by atoms with Crippen LogP contribution in [0.25, 0.3) is 0 Å². The van der Waals surface area contributed by atoms with Crippen molar-refractivity contribution in [1.82, 2.24) is 0 Å². The molecule has 0 amide bonds. The van der Waals surface area contributed by atoms with Gasteiger partial charge in [0.15, 0.2) is 6.29 Å². The van der Waals surface area contributed by atoms with E-state index in [2.05, 4.69) is 22.5 Å². The molecule has 3 heteroatoms. The summed E-state index contributed by atoms with van der Waals surface area (Å²) in [7, 11) is 0. The van der Waals surface area contributed by atoms with Crippen molar-refractivity contribution in [3.05, 3.63) is 40.4 Å². The first kappa shape index (κ1) is 12.0. The first-order valence-electron chi connectivity index (χ1n) is 4.65. The molecule has 0 bridgehead atoms. The highest BCUT2D eigenvalue weighted by Gasteiger charge is 2.03. The van der Waals surface area contributed by atoms with E-state index in [0.717, 1.165) is 22.8 Å². The van der Waals surface area contributed by atoms with E-state index in [1.807, 2.05) is 13.0 Å². The van der Waals surface area contributed by atoms with E-state index >= 15 is 0 Å². The summed E-state index contributed by atoms with van der Waals surface area (Å²) in [5.41, 5.74) is 1.64. The maximum Gasteiger partial charge on any atom is 0.153 e. The second kappa shape index (κ2) is 5.71. The summed E-state index contributed by atoms with van der Waals surface area (Å²) in [4.78, 5) is 10.7. The molecular formula is C12H13BrO2. The van der Waals surface area contributed by atoms with Crippen LogP contribution >= 0.6 is 15.9 Å². The van der Waals surface area contributed by atoms with Gasteiger partial charge in [0.05, 0.1) is 12.2 Å². The second-order valence-corrected chi connectivity index (χ2v) is 4.27. The fourth-order valence-electron chi connectivity index (χ4n) is 1.07. The quantitative estimate of drug-likeness (QED) is 0.603. The van der Waals surface area contributed by atoms with Crippen LogP contribution in [0.2, 0.25) is 0 Å². The van der Waals surface area contributed by atoms with E-state index in [1.54, 1.807) is 12.1 Å². The Hall–Kier alpha value is -1.09. The lowest BCUT2D eigenvalue weighted by Gasteiger charge is -2.08. The molecule has 1 rings (SSSR count). The zero-order valence-electron chi connectivity index (χ0n) is 8.63. The maximum atomic E-state index is 10.7. The SMILES string of the molecule is C=C(C)CCOc1cc(Br)ccc1C=O. The van der Waals surface area contributed by atoms with Crippen molar-refractivity contribution in [3.8, 4) is 5.75 Å². The van der Waals surface area contributed by atoms with E-state index in [9.17, 15) is 4.79 Å². The van der Waals surface area contributed by atoms with Crippen LogP contribution in [0.5, 0.6) is 5.75 Å². The minimum atomic E-state index is 0.548. The van der Waals surface area contributed by atoms with Crippen LogP contribution in [0.1, 0.15) is 23.7 Å². The topological polar surface area (TPSA) is 26.3 Å². The van der Waals surface area contributed by atoms with Crippen LogP contribution in [-0.4, -0.2) is 12.9 Å². The van der Waals surface area contributed by atoms with Crippen LogP contribution in [-0.2, 0) is 0 Å². The van der Waals surface area contributed by atoms with E-state index < -0.39 is 0 Å². The molecule has 0 fully saturated rings. The fraction of sp³-hybridized carbons (Fsp3) is 0.250. The number of halogens is 1. The molecule has 0 N–H and O–H groups in total. The summed E-state index contributed by atoms with van der Waals surface area (Å²) in [6.45, 7) is 6.29. The summed E-state index contributed by atoms with van der Waals surface area (Å²) in [6, 6.07) is 5.34. The monoisotopic (exact) mass is 268 g/mol. The van der Waals surface area contributed by atoms with Gasteiger partial charge in [-0.15, -0.1) is 6.58 Å². The van der Waals surface area contributed by atoms with Crippen LogP contribution in [0.4, 0.5) is 0 Å². The molecule has 0 unspecified atom stereocenters. The van der Waals surface area contributed by atoms with E-state index in [4.69, 9.17) is 4.74 Å². The average Bonchev–Trinajstić information content (AvgIpc) is 2.17. The summed E-state index contributed by atoms with van der Waals surface area (Å²) >= 11 is 3.33. The molecule has 15 heavy (non-hydrogen) atoms. The lowest BCUT2D eigenvalue weighted by Crippen LogP contribution is -2.00. The van der Waals surface area contributed by atoms with Crippen molar-refractivity contribution >= 4 is 22.2 Å².